The van der Waals surface area contributed by atoms with Gasteiger partial charge >= 0.3 is 0 Å². The van der Waals surface area contributed by atoms with E-state index in [1.165, 1.54) is 0 Å². The van der Waals surface area contributed by atoms with Crippen LogP contribution in [-0.4, -0.2) is 14.2 Å². The topological polar surface area (TPSA) is 18.5 Å². The predicted molar refractivity (Wildman–Crippen MR) is 64.4 cm³/mol. The summed E-state index contributed by atoms with van der Waals surface area (Å²) in [6, 6.07) is 3.87. The Morgan fingerprint density at radius 1 is 1.33 bits per heavy atom. The molecule has 0 unspecified atom stereocenters. The van der Waals surface area contributed by atoms with E-state index in [0.717, 1.165) is 16.5 Å². The van der Waals surface area contributed by atoms with Crippen molar-refractivity contribution in [3.8, 4) is 23.8 Å². The van der Waals surface area contributed by atoms with Gasteiger partial charge in [0.1, 0.15) is 0 Å². The van der Waals surface area contributed by atoms with Crippen LogP contribution in [0.2, 0.25) is 0 Å². The highest BCUT2D eigenvalue weighted by Crippen LogP contribution is 2.37. The van der Waals surface area contributed by atoms with E-state index in [9.17, 15) is 0 Å². The monoisotopic (exact) mass is 268 g/mol. The van der Waals surface area contributed by atoms with Crippen molar-refractivity contribution in [3.05, 3.63) is 22.2 Å². The predicted octanol–water partition coefficient (Wildman–Crippen LogP) is 3.03. The number of halogens is 1. The van der Waals surface area contributed by atoms with Crippen molar-refractivity contribution in [2.75, 3.05) is 14.2 Å². The summed E-state index contributed by atoms with van der Waals surface area (Å²) in [7, 11) is 3.24. The molecule has 1 aromatic carbocycles. The van der Waals surface area contributed by atoms with Crippen molar-refractivity contribution in [3.63, 3.8) is 0 Å². The maximum atomic E-state index is 5.26. The Balaban J connectivity index is 3.06. The molecule has 0 bridgehead atoms. The van der Waals surface area contributed by atoms with Gasteiger partial charge in [-0.05, 0) is 34.0 Å². The van der Waals surface area contributed by atoms with Gasteiger partial charge in [0.15, 0.2) is 11.5 Å². The third-order valence-electron chi connectivity index (χ3n) is 2.10. The van der Waals surface area contributed by atoms with Gasteiger partial charge in [-0.3, -0.25) is 0 Å². The molecule has 0 aliphatic heterocycles. The van der Waals surface area contributed by atoms with Crippen molar-refractivity contribution in [2.24, 2.45) is 0 Å². The fraction of sp³-hybridized carbons (Fsp3) is 0.333. The van der Waals surface area contributed by atoms with E-state index >= 15 is 0 Å². The minimum absolute atomic E-state index is 0.715. The fourth-order valence-electron chi connectivity index (χ4n) is 1.33. The van der Waals surface area contributed by atoms with Gasteiger partial charge in [-0.25, -0.2) is 0 Å². The van der Waals surface area contributed by atoms with E-state index in [1.807, 2.05) is 12.1 Å². The Bertz CT molecular complexity index is 380. The average molecular weight is 269 g/mol. The first-order valence-electron chi connectivity index (χ1n) is 4.57. The summed E-state index contributed by atoms with van der Waals surface area (Å²) in [4.78, 5) is 0. The van der Waals surface area contributed by atoms with Crippen LogP contribution < -0.4 is 9.47 Å². The smallest absolute Gasteiger partial charge is 0.175 e. The van der Waals surface area contributed by atoms with Gasteiger partial charge in [-0.15, -0.1) is 12.3 Å². The second kappa shape index (κ2) is 5.67. The highest BCUT2D eigenvalue weighted by molar-refractivity contribution is 9.10. The van der Waals surface area contributed by atoms with E-state index in [-0.39, 0.29) is 0 Å². The van der Waals surface area contributed by atoms with Crippen molar-refractivity contribution in [1.82, 2.24) is 0 Å². The molecule has 0 atom stereocenters. The number of rotatable bonds is 4. The SMILES string of the molecule is C#CCCc1ccc(OC)c(OC)c1Br. The molecule has 80 valence electrons. The van der Waals surface area contributed by atoms with Crippen molar-refractivity contribution in [2.45, 2.75) is 12.8 Å². The van der Waals surface area contributed by atoms with Gasteiger partial charge in [0.25, 0.3) is 0 Å². The summed E-state index contributed by atoms with van der Waals surface area (Å²) in [5.41, 5.74) is 1.13. The van der Waals surface area contributed by atoms with Crippen LogP contribution in [0.25, 0.3) is 0 Å². The first-order valence-corrected chi connectivity index (χ1v) is 5.36. The quantitative estimate of drug-likeness (QED) is 0.782. The molecule has 0 aliphatic carbocycles. The second-order valence-corrected chi connectivity index (χ2v) is 3.77. The van der Waals surface area contributed by atoms with Crippen LogP contribution in [-0.2, 0) is 6.42 Å². The summed E-state index contributed by atoms with van der Waals surface area (Å²) < 4.78 is 11.4. The van der Waals surface area contributed by atoms with Crippen LogP contribution in [0.1, 0.15) is 12.0 Å². The van der Waals surface area contributed by atoms with E-state index in [4.69, 9.17) is 15.9 Å². The Morgan fingerprint density at radius 3 is 2.60 bits per heavy atom. The Morgan fingerprint density at radius 2 is 2.07 bits per heavy atom. The highest BCUT2D eigenvalue weighted by atomic mass is 79.9. The molecule has 0 heterocycles. The number of hydrogen-bond acceptors (Lipinski definition) is 2. The first-order chi connectivity index (χ1) is 7.24. The van der Waals surface area contributed by atoms with Crippen LogP contribution in [0, 0.1) is 12.3 Å². The zero-order chi connectivity index (χ0) is 11.3. The summed E-state index contributed by atoms with van der Waals surface area (Å²) in [5.74, 6) is 4.05. The molecule has 0 saturated heterocycles. The third kappa shape index (κ3) is 2.66. The Kier molecular flexibility index (Phi) is 4.51. The van der Waals surface area contributed by atoms with Gasteiger partial charge in [0, 0.05) is 6.42 Å². The summed E-state index contributed by atoms with van der Waals surface area (Å²) in [5, 5.41) is 0. The molecule has 0 fully saturated rings. The number of ether oxygens (including phenoxy) is 2. The second-order valence-electron chi connectivity index (χ2n) is 2.98. The van der Waals surface area contributed by atoms with E-state index in [1.54, 1.807) is 14.2 Å². The molecule has 1 rings (SSSR count). The van der Waals surface area contributed by atoms with Crippen LogP contribution in [0.4, 0.5) is 0 Å². The molecule has 0 aliphatic rings. The van der Waals surface area contributed by atoms with Crippen molar-refractivity contribution < 1.29 is 9.47 Å². The molecule has 1 aromatic rings. The molecule has 0 aromatic heterocycles. The lowest BCUT2D eigenvalue weighted by Gasteiger charge is -2.12. The van der Waals surface area contributed by atoms with Gasteiger partial charge < -0.3 is 9.47 Å². The number of hydrogen-bond donors (Lipinski definition) is 0. The number of methoxy groups -OCH3 is 2. The number of terminal acetylenes is 1. The Labute approximate surface area is 98.7 Å². The minimum Gasteiger partial charge on any atom is -0.493 e. The average Bonchev–Trinajstić information content (AvgIpc) is 2.27. The van der Waals surface area contributed by atoms with Crippen LogP contribution >= 0.6 is 15.9 Å². The Hall–Kier alpha value is -1.14. The van der Waals surface area contributed by atoms with Gasteiger partial charge in [-0.2, -0.15) is 0 Å². The summed E-state index contributed by atoms with van der Waals surface area (Å²) in [6.45, 7) is 0. The zero-order valence-corrected chi connectivity index (χ0v) is 10.4. The molecular formula is C12H13BrO2. The first kappa shape index (κ1) is 11.9. The van der Waals surface area contributed by atoms with Crippen molar-refractivity contribution >= 4 is 15.9 Å². The lowest BCUT2D eigenvalue weighted by molar-refractivity contribution is 0.352. The molecule has 0 saturated carbocycles. The maximum Gasteiger partial charge on any atom is 0.175 e. The van der Waals surface area contributed by atoms with E-state index in [2.05, 4.69) is 21.9 Å². The highest BCUT2D eigenvalue weighted by Gasteiger charge is 2.11. The lowest BCUT2D eigenvalue weighted by atomic mass is 10.1. The third-order valence-corrected chi connectivity index (χ3v) is 2.97. The van der Waals surface area contributed by atoms with Crippen LogP contribution in [0.5, 0.6) is 11.5 Å². The molecule has 0 amide bonds. The molecule has 3 heteroatoms. The standard InChI is InChI=1S/C12H13BrO2/c1-4-5-6-9-7-8-10(14-2)12(15-3)11(9)13/h1,7-8H,5-6H2,2-3H3. The molecule has 15 heavy (non-hydrogen) atoms. The minimum atomic E-state index is 0.715. The number of benzene rings is 1. The zero-order valence-electron chi connectivity index (χ0n) is 8.84. The fourth-order valence-corrected chi connectivity index (χ4v) is 2.02. The molecular weight excluding hydrogens is 256 g/mol. The molecule has 2 nitrogen and oxygen atoms in total. The normalized spacial score (nSPS) is 9.47. The summed E-state index contributed by atoms with van der Waals surface area (Å²) >= 11 is 3.49. The molecule has 0 N–H and O–H groups in total. The van der Waals surface area contributed by atoms with E-state index in [0.29, 0.717) is 17.9 Å². The maximum absolute atomic E-state index is 5.26. The largest absolute Gasteiger partial charge is 0.493 e. The van der Waals surface area contributed by atoms with E-state index < -0.39 is 0 Å². The molecule has 0 radical (unpaired) electrons. The van der Waals surface area contributed by atoms with Crippen LogP contribution in [0.3, 0.4) is 0 Å². The lowest BCUT2D eigenvalue weighted by Crippen LogP contribution is -1.95. The van der Waals surface area contributed by atoms with Gasteiger partial charge in [0.05, 0.1) is 18.7 Å². The van der Waals surface area contributed by atoms with Crippen molar-refractivity contribution in [1.29, 1.82) is 0 Å². The molecule has 0 spiro atoms. The van der Waals surface area contributed by atoms with Crippen LogP contribution in [0.15, 0.2) is 16.6 Å². The van der Waals surface area contributed by atoms with Gasteiger partial charge in [-0.1, -0.05) is 6.07 Å². The number of aryl methyl sites for hydroxylation is 1. The van der Waals surface area contributed by atoms with Gasteiger partial charge in [0.2, 0.25) is 0 Å². The summed E-state index contributed by atoms with van der Waals surface area (Å²) in [6.07, 6.45) is 6.78.